The van der Waals surface area contributed by atoms with Gasteiger partial charge in [-0.1, -0.05) is 11.8 Å². The van der Waals surface area contributed by atoms with Crippen LogP contribution in [0.1, 0.15) is 5.56 Å². The van der Waals surface area contributed by atoms with Crippen LogP contribution in [-0.2, 0) is 9.59 Å². The Balaban J connectivity index is 1.90. The first-order chi connectivity index (χ1) is 11.9. The number of phenols is 1. The second-order valence-electron chi connectivity index (χ2n) is 5.18. The maximum atomic E-state index is 12.1. The van der Waals surface area contributed by atoms with Crippen LogP contribution >= 0.6 is 11.8 Å². The third-order valence-electron chi connectivity index (χ3n) is 3.39. The number of hydrogen-bond donors (Lipinski definition) is 3. The lowest BCUT2D eigenvalue weighted by Gasteiger charge is -2.12. The van der Waals surface area contributed by atoms with E-state index in [1.807, 2.05) is 0 Å². The molecule has 0 aromatic heterocycles. The highest BCUT2D eigenvalue weighted by Gasteiger charge is 2.28. The summed E-state index contributed by atoms with van der Waals surface area (Å²) in [5.41, 5.74) is 0.984. The van der Waals surface area contributed by atoms with E-state index in [4.69, 9.17) is 5.26 Å². The molecular formula is C16H16N4O4S. The van der Waals surface area contributed by atoms with Gasteiger partial charge in [0.15, 0.2) is 0 Å². The van der Waals surface area contributed by atoms with E-state index in [1.54, 1.807) is 13.0 Å². The predicted octanol–water partition coefficient (Wildman–Crippen LogP) is 1.33. The summed E-state index contributed by atoms with van der Waals surface area (Å²) in [5, 5.41) is 23.5. The smallest absolute Gasteiger partial charge is 0.288 e. The minimum absolute atomic E-state index is 0.0809. The Morgan fingerprint density at radius 1 is 1.48 bits per heavy atom. The second kappa shape index (κ2) is 8.21. The molecule has 1 saturated heterocycles. The number of aryl methyl sites for hydroxylation is 1. The molecule has 0 radical (unpaired) electrons. The quantitative estimate of drug-likeness (QED) is 0.303. The second-order valence-corrected chi connectivity index (χ2v) is 6.10. The first kappa shape index (κ1) is 18.4. The Bertz CT molecular complexity index is 769. The highest BCUT2D eigenvalue weighted by molar-refractivity contribution is 8.14. The summed E-state index contributed by atoms with van der Waals surface area (Å²) in [6.07, 6.45) is 1.24. The van der Waals surface area contributed by atoms with Crippen molar-refractivity contribution in [2.24, 2.45) is 0 Å². The summed E-state index contributed by atoms with van der Waals surface area (Å²) in [5.74, 6) is -0.626. The summed E-state index contributed by atoms with van der Waals surface area (Å²) >= 11 is 0.951. The van der Waals surface area contributed by atoms with Gasteiger partial charge in [-0.2, -0.15) is 5.26 Å². The predicted molar refractivity (Wildman–Crippen MR) is 92.7 cm³/mol. The lowest BCUT2D eigenvalue weighted by atomic mass is 10.2. The number of thioether (sulfide) groups is 1. The molecule has 1 fully saturated rings. The fourth-order valence-electron chi connectivity index (χ4n) is 2.07. The Kier molecular flexibility index (Phi) is 6.03. The SMILES string of the molecule is Cc1cc(O)ccc1NC(=O)/C(C#N)=C\NCCN1C(=O)CSC1=O. The summed E-state index contributed by atoms with van der Waals surface area (Å²) in [6, 6.07) is 6.24. The molecule has 1 heterocycles. The van der Waals surface area contributed by atoms with E-state index in [1.165, 1.54) is 24.4 Å². The van der Waals surface area contributed by atoms with E-state index in [9.17, 15) is 19.5 Å². The average Bonchev–Trinajstić information content (AvgIpc) is 2.89. The number of nitrogens with one attached hydrogen (secondary N) is 2. The molecule has 3 N–H and O–H groups in total. The van der Waals surface area contributed by atoms with Crippen molar-refractivity contribution in [3.8, 4) is 11.8 Å². The number of carbonyl (C=O) groups excluding carboxylic acids is 3. The highest BCUT2D eigenvalue weighted by atomic mass is 32.2. The van der Waals surface area contributed by atoms with Crippen LogP contribution in [0.5, 0.6) is 5.75 Å². The van der Waals surface area contributed by atoms with Crippen LogP contribution < -0.4 is 10.6 Å². The molecule has 2 rings (SSSR count). The average molecular weight is 360 g/mol. The van der Waals surface area contributed by atoms with Crippen LogP contribution in [0.4, 0.5) is 10.5 Å². The third kappa shape index (κ3) is 4.74. The van der Waals surface area contributed by atoms with Gasteiger partial charge < -0.3 is 15.7 Å². The van der Waals surface area contributed by atoms with E-state index in [2.05, 4.69) is 10.6 Å². The van der Waals surface area contributed by atoms with Crippen LogP contribution in [0.25, 0.3) is 0 Å². The first-order valence-electron chi connectivity index (χ1n) is 7.34. The molecule has 1 aliphatic rings. The van der Waals surface area contributed by atoms with Gasteiger partial charge in [0.2, 0.25) is 5.91 Å². The molecule has 9 heteroatoms. The van der Waals surface area contributed by atoms with Crippen LogP contribution in [0.2, 0.25) is 0 Å². The lowest BCUT2D eigenvalue weighted by molar-refractivity contribution is -0.124. The number of carbonyl (C=O) groups is 3. The van der Waals surface area contributed by atoms with Gasteiger partial charge in [-0.05, 0) is 30.7 Å². The number of rotatable bonds is 6. The fraction of sp³-hybridized carbons (Fsp3) is 0.250. The molecular weight excluding hydrogens is 344 g/mol. The monoisotopic (exact) mass is 360 g/mol. The van der Waals surface area contributed by atoms with Gasteiger partial charge in [-0.25, -0.2) is 0 Å². The Labute approximate surface area is 148 Å². The molecule has 130 valence electrons. The van der Waals surface area contributed by atoms with E-state index < -0.39 is 5.91 Å². The lowest BCUT2D eigenvalue weighted by Crippen LogP contribution is -2.34. The molecule has 0 atom stereocenters. The molecule has 0 aliphatic carbocycles. The molecule has 1 aromatic carbocycles. The zero-order chi connectivity index (χ0) is 18.4. The summed E-state index contributed by atoms with van der Waals surface area (Å²) < 4.78 is 0. The molecule has 1 aromatic rings. The summed E-state index contributed by atoms with van der Waals surface area (Å²) in [4.78, 5) is 36.1. The molecule has 0 unspecified atom stereocenters. The number of aromatic hydroxyl groups is 1. The van der Waals surface area contributed by atoms with Gasteiger partial charge in [0.25, 0.3) is 11.1 Å². The van der Waals surface area contributed by atoms with Crippen molar-refractivity contribution in [3.05, 3.63) is 35.5 Å². The van der Waals surface area contributed by atoms with Gasteiger partial charge in [0, 0.05) is 25.0 Å². The van der Waals surface area contributed by atoms with E-state index in [0.29, 0.717) is 11.3 Å². The van der Waals surface area contributed by atoms with Crippen LogP contribution in [0.3, 0.4) is 0 Å². The number of phenolic OH excluding ortho intramolecular Hbond substituents is 1. The zero-order valence-corrected chi connectivity index (χ0v) is 14.2. The van der Waals surface area contributed by atoms with E-state index in [0.717, 1.165) is 16.7 Å². The van der Waals surface area contributed by atoms with Crippen molar-refractivity contribution >= 4 is 34.5 Å². The Morgan fingerprint density at radius 2 is 2.24 bits per heavy atom. The maximum absolute atomic E-state index is 12.1. The number of nitrogens with zero attached hydrogens (tertiary/aromatic N) is 2. The van der Waals surface area contributed by atoms with Crippen molar-refractivity contribution in [3.63, 3.8) is 0 Å². The third-order valence-corrected chi connectivity index (χ3v) is 4.25. The standard InChI is InChI=1S/C16H16N4O4S/c1-10-6-12(21)2-3-13(10)19-15(23)11(7-17)8-18-4-5-20-14(22)9-25-16(20)24/h2-3,6,8,18,21H,4-5,9H2,1H3,(H,19,23)/b11-8-. The molecule has 0 saturated carbocycles. The van der Waals surface area contributed by atoms with Crippen molar-refractivity contribution in [1.29, 1.82) is 5.26 Å². The fourth-order valence-corrected chi connectivity index (χ4v) is 2.83. The summed E-state index contributed by atoms with van der Waals surface area (Å²) in [7, 11) is 0. The number of imide groups is 1. The Morgan fingerprint density at radius 3 is 2.84 bits per heavy atom. The molecule has 0 spiro atoms. The molecule has 1 aliphatic heterocycles. The van der Waals surface area contributed by atoms with Gasteiger partial charge in [0.1, 0.15) is 17.4 Å². The number of nitriles is 1. The van der Waals surface area contributed by atoms with Crippen molar-refractivity contribution in [2.75, 3.05) is 24.2 Å². The van der Waals surface area contributed by atoms with Gasteiger partial charge >= 0.3 is 0 Å². The van der Waals surface area contributed by atoms with Crippen molar-refractivity contribution < 1.29 is 19.5 Å². The molecule has 25 heavy (non-hydrogen) atoms. The molecule has 0 bridgehead atoms. The minimum Gasteiger partial charge on any atom is -0.508 e. The number of benzene rings is 1. The minimum atomic E-state index is -0.604. The van der Waals surface area contributed by atoms with Crippen molar-refractivity contribution in [1.82, 2.24) is 10.2 Å². The van der Waals surface area contributed by atoms with Gasteiger partial charge in [-0.15, -0.1) is 0 Å². The van der Waals surface area contributed by atoms with E-state index in [-0.39, 0.29) is 41.3 Å². The van der Waals surface area contributed by atoms with Crippen LogP contribution in [0.15, 0.2) is 30.0 Å². The van der Waals surface area contributed by atoms with Gasteiger partial charge in [-0.3, -0.25) is 19.3 Å². The van der Waals surface area contributed by atoms with Crippen LogP contribution in [-0.4, -0.2) is 45.9 Å². The first-order valence-corrected chi connectivity index (χ1v) is 8.32. The molecule has 3 amide bonds. The number of amides is 3. The number of anilines is 1. The summed E-state index contributed by atoms with van der Waals surface area (Å²) in [6.45, 7) is 2.11. The number of hydrogen-bond acceptors (Lipinski definition) is 7. The van der Waals surface area contributed by atoms with Crippen molar-refractivity contribution in [2.45, 2.75) is 6.92 Å². The van der Waals surface area contributed by atoms with Gasteiger partial charge in [0.05, 0.1) is 5.75 Å². The Hall–Kier alpha value is -2.99. The van der Waals surface area contributed by atoms with Crippen LogP contribution in [0, 0.1) is 18.3 Å². The maximum Gasteiger partial charge on any atom is 0.288 e. The zero-order valence-electron chi connectivity index (χ0n) is 13.4. The molecule has 8 nitrogen and oxygen atoms in total. The topological polar surface area (TPSA) is 123 Å². The normalized spacial score (nSPS) is 14.4. The van der Waals surface area contributed by atoms with E-state index >= 15 is 0 Å². The largest absolute Gasteiger partial charge is 0.508 e. The highest BCUT2D eigenvalue weighted by Crippen LogP contribution is 2.20.